The van der Waals surface area contributed by atoms with Gasteiger partial charge in [0.1, 0.15) is 0 Å². The zero-order chi connectivity index (χ0) is 13.2. The maximum atomic E-state index is 10.8. The summed E-state index contributed by atoms with van der Waals surface area (Å²) in [6.45, 7) is 1.43. The molecule has 0 aromatic heterocycles. The molecule has 8 heteroatoms. The van der Waals surface area contributed by atoms with Crippen molar-refractivity contribution in [2.75, 3.05) is 5.01 Å². The molecule has 4 nitrogen and oxygen atoms in total. The minimum atomic E-state index is -0.768. The molecular formula is C9H4Cl4N2O2. The lowest BCUT2D eigenvalue weighted by atomic mass is 10.3. The van der Waals surface area contributed by atoms with E-state index >= 15 is 0 Å². The summed E-state index contributed by atoms with van der Waals surface area (Å²) < 4.78 is 0. The standard InChI is InChI=1S/C9H4Cl4N2O2/c1-2-3-14(15(16)17)9-7(12)5(10)4-6(11)8(9)13/h4H,1H3. The van der Waals surface area contributed by atoms with Gasteiger partial charge in [0, 0.05) is 0 Å². The SMILES string of the molecule is CC#CN(c1c(Cl)c(Cl)cc(Cl)c1Cl)[N+](=O)[O-]. The average molecular weight is 314 g/mol. The van der Waals surface area contributed by atoms with Crippen molar-refractivity contribution in [1.29, 1.82) is 0 Å². The van der Waals surface area contributed by atoms with Gasteiger partial charge in [0.25, 0.3) is 0 Å². The van der Waals surface area contributed by atoms with Crippen LogP contribution in [0.5, 0.6) is 0 Å². The van der Waals surface area contributed by atoms with Crippen LogP contribution in [0.1, 0.15) is 6.92 Å². The first kappa shape index (κ1) is 14.2. The zero-order valence-electron chi connectivity index (χ0n) is 8.30. The van der Waals surface area contributed by atoms with Gasteiger partial charge in [-0.3, -0.25) is 0 Å². The average Bonchev–Trinajstić information content (AvgIpc) is 2.25. The van der Waals surface area contributed by atoms with Gasteiger partial charge in [0.05, 0.1) is 26.1 Å². The molecule has 0 saturated carbocycles. The van der Waals surface area contributed by atoms with Gasteiger partial charge in [-0.15, -0.1) is 0 Å². The molecule has 0 amide bonds. The number of hydrazine groups is 1. The highest BCUT2D eigenvalue weighted by molar-refractivity contribution is 6.50. The van der Waals surface area contributed by atoms with Gasteiger partial charge in [0.2, 0.25) is 0 Å². The normalized spacial score (nSPS) is 9.47. The number of benzene rings is 1. The summed E-state index contributed by atoms with van der Waals surface area (Å²) in [7, 11) is 0. The Morgan fingerprint density at radius 3 is 2.06 bits per heavy atom. The minimum Gasteiger partial charge on any atom is -0.233 e. The Kier molecular flexibility index (Phi) is 4.72. The Hall–Kier alpha value is -0.860. The van der Waals surface area contributed by atoms with Crippen LogP contribution < -0.4 is 5.01 Å². The van der Waals surface area contributed by atoms with E-state index in [2.05, 4.69) is 12.0 Å². The van der Waals surface area contributed by atoms with Crippen LogP contribution in [0.4, 0.5) is 5.69 Å². The molecule has 0 atom stereocenters. The summed E-state index contributed by atoms with van der Waals surface area (Å²) in [6, 6.07) is 3.53. The van der Waals surface area contributed by atoms with Gasteiger partial charge < -0.3 is 0 Å². The first-order valence-electron chi connectivity index (χ1n) is 4.10. The molecule has 1 aromatic carbocycles. The summed E-state index contributed by atoms with van der Waals surface area (Å²) in [6.07, 6.45) is 0. The predicted octanol–water partition coefficient (Wildman–Crippen LogP) is 4.28. The van der Waals surface area contributed by atoms with E-state index in [4.69, 9.17) is 46.4 Å². The van der Waals surface area contributed by atoms with E-state index in [0.717, 1.165) is 0 Å². The largest absolute Gasteiger partial charge is 0.233 e. The van der Waals surface area contributed by atoms with Crippen LogP contribution in [-0.4, -0.2) is 5.03 Å². The number of anilines is 1. The van der Waals surface area contributed by atoms with Crippen molar-refractivity contribution in [3.8, 4) is 12.0 Å². The summed E-state index contributed by atoms with van der Waals surface area (Å²) in [5, 5.41) is 10.5. The van der Waals surface area contributed by atoms with Crippen molar-refractivity contribution < 1.29 is 5.03 Å². The van der Waals surface area contributed by atoms with Gasteiger partial charge in [-0.2, -0.15) is 0 Å². The molecule has 0 aliphatic carbocycles. The summed E-state index contributed by atoms with van der Waals surface area (Å²) in [5.74, 6) is 2.37. The second kappa shape index (κ2) is 5.65. The number of rotatable bonds is 2. The number of nitrogens with zero attached hydrogens (tertiary/aromatic N) is 2. The lowest BCUT2D eigenvalue weighted by molar-refractivity contribution is -0.482. The van der Waals surface area contributed by atoms with Crippen molar-refractivity contribution in [2.45, 2.75) is 6.92 Å². The Balaban J connectivity index is 3.56. The Morgan fingerprint density at radius 2 is 1.71 bits per heavy atom. The summed E-state index contributed by atoms with van der Waals surface area (Å²) >= 11 is 23.2. The van der Waals surface area contributed by atoms with Gasteiger partial charge in [-0.1, -0.05) is 52.3 Å². The molecule has 1 rings (SSSR count). The molecule has 0 unspecified atom stereocenters. The minimum absolute atomic E-state index is 0.0563. The second-order valence-electron chi connectivity index (χ2n) is 2.73. The van der Waals surface area contributed by atoms with E-state index in [0.29, 0.717) is 5.01 Å². The Bertz CT molecular complexity index is 510. The molecule has 17 heavy (non-hydrogen) atoms. The third kappa shape index (κ3) is 2.88. The van der Waals surface area contributed by atoms with Crippen LogP contribution in [0.2, 0.25) is 20.1 Å². The Morgan fingerprint density at radius 1 is 1.24 bits per heavy atom. The summed E-state index contributed by atoms with van der Waals surface area (Å²) in [5.41, 5.74) is -0.148. The molecule has 0 aliphatic rings. The lowest BCUT2D eigenvalue weighted by Crippen LogP contribution is -2.25. The van der Waals surface area contributed by atoms with Gasteiger partial charge in [-0.25, -0.2) is 10.1 Å². The van der Waals surface area contributed by atoms with Crippen LogP contribution in [0.15, 0.2) is 6.07 Å². The highest BCUT2D eigenvalue weighted by atomic mass is 35.5. The molecule has 90 valence electrons. The smallest absolute Gasteiger partial charge is 0.178 e. The van der Waals surface area contributed by atoms with Crippen LogP contribution in [-0.2, 0) is 0 Å². The van der Waals surface area contributed by atoms with Gasteiger partial charge >= 0.3 is 0 Å². The molecule has 0 bridgehead atoms. The first-order valence-corrected chi connectivity index (χ1v) is 5.61. The van der Waals surface area contributed by atoms with Gasteiger partial charge in [-0.05, 0) is 18.0 Å². The van der Waals surface area contributed by atoms with Crippen molar-refractivity contribution in [1.82, 2.24) is 0 Å². The van der Waals surface area contributed by atoms with E-state index in [1.165, 1.54) is 13.0 Å². The fraction of sp³-hybridized carbons (Fsp3) is 0.111. The molecule has 0 spiro atoms. The Labute approximate surface area is 117 Å². The maximum Gasteiger partial charge on any atom is 0.178 e. The summed E-state index contributed by atoms with van der Waals surface area (Å²) in [4.78, 5) is 10.8. The lowest BCUT2D eigenvalue weighted by Gasteiger charge is -2.12. The molecule has 0 heterocycles. The van der Waals surface area contributed by atoms with E-state index in [1.807, 2.05) is 0 Å². The van der Waals surface area contributed by atoms with E-state index in [9.17, 15) is 10.1 Å². The van der Waals surface area contributed by atoms with Crippen molar-refractivity contribution in [2.24, 2.45) is 0 Å². The van der Waals surface area contributed by atoms with Crippen LogP contribution in [0, 0.1) is 22.1 Å². The molecule has 0 fully saturated rings. The monoisotopic (exact) mass is 312 g/mol. The molecule has 1 aromatic rings. The fourth-order valence-electron chi connectivity index (χ4n) is 1.03. The topological polar surface area (TPSA) is 46.4 Å². The second-order valence-corrected chi connectivity index (χ2v) is 4.30. The third-order valence-electron chi connectivity index (χ3n) is 1.68. The molecule has 0 radical (unpaired) electrons. The van der Waals surface area contributed by atoms with Gasteiger partial charge in [0.15, 0.2) is 10.7 Å². The number of halogens is 4. The number of nitro groups is 1. The maximum absolute atomic E-state index is 10.8. The van der Waals surface area contributed by atoms with Crippen LogP contribution in [0.3, 0.4) is 0 Å². The molecule has 0 saturated heterocycles. The first-order chi connectivity index (χ1) is 7.90. The van der Waals surface area contributed by atoms with Crippen LogP contribution >= 0.6 is 46.4 Å². The predicted molar refractivity (Wildman–Crippen MR) is 69.4 cm³/mol. The van der Waals surface area contributed by atoms with E-state index < -0.39 is 5.03 Å². The molecule has 0 aliphatic heterocycles. The quantitative estimate of drug-likeness (QED) is 0.269. The van der Waals surface area contributed by atoms with Crippen LogP contribution in [0.25, 0.3) is 0 Å². The molecular weight excluding hydrogens is 310 g/mol. The molecule has 0 N–H and O–H groups in total. The van der Waals surface area contributed by atoms with Crippen molar-refractivity contribution in [3.05, 3.63) is 36.3 Å². The zero-order valence-corrected chi connectivity index (χ0v) is 11.3. The number of hydrogen-bond donors (Lipinski definition) is 0. The van der Waals surface area contributed by atoms with E-state index in [1.54, 1.807) is 0 Å². The number of hydrogen-bond acceptors (Lipinski definition) is 2. The highest BCUT2D eigenvalue weighted by Crippen LogP contribution is 2.42. The van der Waals surface area contributed by atoms with E-state index in [-0.39, 0.29) is 25.8 Å². The van der Waals surface area contributed by atoms with Crippen molar-refractivity contribution >= 4 is 52.1 Å². The highest BCUT2D eigenvalue weighted by Gasteiger charge is 2.26. The fourth-order valence-corrected chi connectivity index (χ4v) is 1.99. The van der Waals surface area contributed by atoms with Crippen molar-refractivity contribution in [3.63, 3.8) is 0 Å². The third-order valence-corrected chi connectivity index (χ3v) is 3.24.